The van der Waals surface area contributed by atoms with Crippen LogP contribution in [-0.2, 0) is 0 Å². The number of hydrogen-bond acceptors (Lipinski definition) is 1. The first-order chi connectivity index (χ1) is 8.08. The van der Waals surface area contributed by atoms with Crippen molar-refractivity contribution in [2.75, 3.05) is 0 Å². The molecular formula is C15H22OSi. The average Bonchev–Trinajstić information content (AvgIpc) is 2.34. The van der Waals surface area contributed by atoms with Crippen molar-refractivity contribution >= 4 is 8.07 Å². The van der Waals surface area contributed by atoms with Crippen LogP contribution in [0.5, 0.6) is 5.75 Å². The molecule has 0 aromatic heterocycles. The van der Waals surface area contributed by atoms with Gasteiger partial charge in [-0.3, -0.25) is 0 Å². The zero-order valence-electron chi connectivity index (χ0n) is 11.3. The minimum Gasteiger partial charge on any atom is -0.507 e. The van der Waals surface area contributed by atoms with Crippen LogP contribution in [0.15, 0.2) is 18.2 Å². The van der Waals surface area contributed by atoms with E-state index in [1.807, 2.05) is 19.1 Å². The van der Waals surface area contributed by atoms with Gasteiger partial charge in [0.2, 0.25) is 0 Å². The number of rotatable bonds is 3. The quantitative estimate of drug-likeness (QED) is 0.629. The lowest BCUT2D eigenvalue weighted by Gasteiger charge is -2.20. The van der Waals surface area contributed by atoms with E-state index in [0.29, 0.717) is 5.75 Å². The number of benzene rings is 1. The fourth-order valence-corrected chi connectivity index (χ4v) is 4.45. The summed E-state index contributed by atoms with van der Waals surface area (Å²) in [6, 6.07) is 9.15. The van der Waals surface area contributed by atoms with Crippen LogP contribution >= 0.6 is 0 Å². The molecule has 0 saturated heterocycles. The number of phenols is 1. The van der Waals surface area contributed by atoms with Gasteiger partial charge in [0.15, 0.2) is 0 Å². The maximum Gasteiger partial charge on any atom is 0.138 e. The standard InChI is InChI=1S/C15H22OSi/c1-5-17(6-2,7-3)12-11-14-13(4)9-8-10-15(14)16/h8-10,16H,5-7H2,1-4H3. The van der Waals surface area contributed by atoms with Crippen LogP contribution in [-0.4, -0.2) is 13.2 Å². The molecule has 1 aromatic carbocycles. The Balaban J connectivity index is 3.14. The Kier molecular flexibility index (Phi) is 4.83. The summed E-state index contributed by atoms with van der Waals surface area (Å²) in [4.78, 5) is 0. The van der Waals surface area contributed by atoms with Crippen molar-refractivity contribution in [3.05, 3.63) is 29.3 Å². The van der Waals surface area contributed by atoms with Gasteiger partial charge in [-0.1, -0.05) is 38.8 Å². The Morgan fingerprint density at radius 2 is 1.71 bits per heavy atom. The van der Waals surface area contributed by atoms with Crippen molar-refractivity contribution in [1.82, 2.24) is 0 Å². The number of aryl methyl sites for hydroxylation is 1. The van der Waals surface area contributed by atoms with Crippen molar-refractivity contribution in [1.29, 1.82) is 0 Å². The third-order valence-corrected chi connectivity index (χ3v) is 8.45. The van der Waals surface area contributed by atoms with Crippen LogP contribution in [0, 0.1) is 18.4 Å². The Hall–Kier alpha value is -1.20. The fraction of sp³-hybridized carbons (Fsp3) is 0.467. The number of aromatic hydroxyl groups is 1. The summed E-state index contributed by atoms with van der Waals surface area (Å²) < 4.78 is 0. The molecule has 92 valence electrons. The SMILES string of the molecule is CC[Si](C#Cc1c(C)cccc1O)(CC)CC. The molecule has 0 bridgehead atoms. The van der Waals surface area contributed by atoms with E-state index in [4.69, 9.17) is 0 Å². The molecule has 0 amide bonds. The molecule has 0 spiro atoms. The molecule has 1 nitrogen and oxygen atoms in total. The number of hydrogen-bond donors (Lipinski definition) is 1. The van der Waals surface area contributed by atoms with Gasteiger partial charge in [0, 0.05) is 0 Å². The lowest BCUT2D eigenvalue weighted by molar-refractivity contribution is 0.473. The highest BCUT2D eigenvalue weighted by molar-refractivity contribution is 6.87. The van der Waals surface area contributed by atoms with E-state index in [0.717, 1.165) is 11.1 Å². The Morgan fingerprint density at radius 1 is 1.12 bits per heavy atom. The third-order valence-electron chi connectivity index (χ3n) is 3.73. The summed E-state index contributed by atoms with van der Waals surface area (Å²) >= 11 is 0. The van der Waals surface area contributed by atoms with Crippen LogP contribution in [0.1, 0.15) is 31.9 Å². The van der Waals surface area contributed by atoms with Crippen LogP contribution < -0.4 is 0 Å². The van der Waals surface area contributed by atoms with Gasteiger partial charge >= 0.3 is 0 Å². The number of phenolic OH excluding ortho intramolecular Hbond substituents is 1. The van der Waals surface area contributed by atoms with Crippen molar-refractivity contribution < 1.29 is 5.11 Å². The first-order valence-electron chi connectivity index (χ1n) is 6.40. The van der Waals surface area contributed by atoms with Crippen LogP contribution in [0.3, 0.4) is 0 Å². The highest BCUT2D eigenvalue weighted by Gasteiger charge is 2.24. The summed E-state index contributed by atoms with van der Waals surface area (Å²) in [7, 11) is -1.42. The van der Waals surface area contributed by atoms with Gasteiger partial charge in [0.25, 0.3) is 0 Å². The summed E-state index contributed by atoms with van der Waals surface area (Å²) in [5.74, 6) is 3.55. The van der Waals surface area contributed by atoms with Gasteiger partial charge in [-0.15, -0.1) is 5.54 Å². The van der Waals surface area contributed by atoms with Crippen molar-refractivity contribution in [3.63, 3.8) is 0 Å². The summed E-state index contributed by atoms with van der Waals surface area (Å²) in [6.45, 7) is 8.72. The molecule has 0 aliphatic heterocycles. The molecule has 0 aliphatic carbocycles. The van der Waals surface area contributed by atoms with E-state index in [1.165, 1.54) is 18.1 Å². The van der Waals surface area contributed by atoms with Crippen LogP contribution in [0.25, 0.3) is 0 Å². The van der Waals surface area contributed by atoms with Crippen molar-refractivity contribution in [3.8, 4) is 17.2 Å². The van der Waals surface area contributed by atoms with Crippen molar-refractivity contribution in [2.45, 2.75) is 45.8 Å². The predicted molar refractivity (Wildman–Crippen MR) is 76.9 cm³/mol. The Bertz CT molecular complexity index is 407. The molecule has 0 fully saturated rings. The molecule has 0 radical (unpaired) electrons. The molecule has 0 unspecified atom stereocenters. The minimum absolute atomic E-state index is 0.309. The fourth-order valence-electron chi connectivity index (χ4n) is 2.03. The van der Waals surface area contributed by atoms with Crippen molar-refractivity contribution in [2.24, 2.45) is 0 Å². The summed E-state index contributed by atoms with van der Waals surface area (Å²) in [6.07, 6.45) is 0. The lowest BCUT2D eigenvalue weighted by atomic mass is 10.1. The largest absolute Gasteiger partial charge is 0.507 e. The predicted octanol–water partition coefficient (Wildman–Crippen LogP) is 4.10. The minimum atomic E-state index is -1.42. The molecule has 1 rings (SSSR count). The molecular weight excluding hydrogens is 224 g/mol. The molecule has 1 aromatic rings. The zero-order valence-corrected chi connectivity index (χ0v) is 12.3. The lowest BCUT2D eigenvalue weighted by Crippen LogP contribution is -2.29. The molecule has 2 heteroatoms. The second kappa shape index (κ2) is 5.93. The van der Waals surface area contributed by atoms with E-state index in [9.17, 15) is 5.11 Å². The molecule has 1 N–H and O–H groups in total. The zero-order chi connectivity index (χ0) is 12.9. The highest BCUT2D eigenvalue weighted by Crippen LogP contribution is 2.22. The topological polar surface area (TPSA) is 20.2 Å². The smallest absolute Gasteiger partial charge is 0.138 e. The molecule has 0 aliphatic rings. The van der Waals surface area contributed by atoms with Gasteiger partial charge in [-0.05, 0) is 36.7 Å². The maximum atomic E-state index is 9.82. The average molecular weight is 246 g/mol. The highest BCUT2D eigenvalue weighted by atomic mass is 28.3. The third kappa shape index (κ3) is 3.14. The Morgan fingerprint density at radius 3 is 2.18 bits per heavy atom. The van der Waals surface area contributed by atoms with Gasteiger partial charge in [0.1, 0.15) is 13.8 Å². The monoisotopic (exact) mass is 246 g/mol. The van der Waals surface area contributed by atoms with Gasteiger partial charge in [-0.2, -0.15) is 0 Å². The van der Waals surface area contributed by atoms with E-state index in [1.54, 1.807) is 6.07 Å². The molecule has 17 heavy (non-hydrogen) atoms. The summed E-state index contributed by atoms with van der Waals surface area (Å²) in [5, 5.41) is 9.82. The first kappa shape index (κ1) is 13.9. The second-order valence-electron chi connectivity index (χ2n) is 4.56. The van der Waals surface area contributed by atoms with E-state index < -0.39 is 8.07 Å². The Labute approximate surface area is 106 Å². The van der Waals surface area contributed by atoms with Gasteiger partial charge < -0.3 is 5.11 Å². The first-order valence-corrected chi connectivity index (χ1v) is 9.02. The van der Waals surface area contributed by atoms with Gasteiger partial charge in [0.05, 0.1) is 5.56 Å². The molecule has 0 saturated carbocycles. The second-order valence-corrected chi connectivity index (χ2v) is 9.49. The normalized spacial score (nSPS) is 10.8. The van der Waals surface area contributed by atoms with E-state index in [-0.39, 0.29) is 0 Å². The van der Waals surface area contributed by atoms with E-state index in [2.05, 4.69) is 32.2 Å². The maximum absolute atomic E-state index is 9.82. The van der Waals surface area contributed by atoms with Gasteiger partial charge in [-0.25, -0.2) is 0 Å². The van der Waals surface area contributed by atoms with Crippen LogP contribution in [0.2, 0.25) is 18.1 Å². The molecule has 0 atom stereocenters. The summed E-state index contributed by atoms with van der Waals surface area (Å²) in [5.41, 5.74) is 5.37. The van der Waals surface area contributed by atoms with Crippen LogP contribution in [0.4, 0.5) is 0 Å². The van der Waals surface area contributed by atoms with E-state index >= 15 is 0 Å². The molecule has 0 heterocycles.